The predicted octanol–water partition coefficient (Wildman–Crippen LogP) is 3.09. The van der Waals surface area contributed by atoms with Crippen LogP contribution in [0.3, 0.4) is 0 Å². The minimum Gasteiger partial charge on any atom is -0.491 e. The molecule has 0 unspecified atom stereocenters. The SMILES string of the molecule is CC(=O)Nc1cc(OC(C)C)ccc1Cl. The van der Waals surface area contributed by atoms with Gasteiger partial charge < -0.3 is 10.1 Å². The zero-order chi connectivity index (χ0) is 11.4. The van der Waals surface area contributed by atoms with Crippen molar-refractivity contribution < 1.29 is 9.53 Å². The van der Waals surface area contributed by atoms with E-state index in [1.54, 1.807) is 18.2 Å². The first kappa shape index (κ1) is 11.9. The molecule has 0 aliphatic rings. The number of benzene rings is 1. The third-order valence-corrected chi connectivity index (χ3v) is 1.95. The quantitative estimate of drug-likeness (QED) is 0.862. The van der Waals surface area contributed by atoms with Crippen molar-refractivity contribution in [3.63, 3.8) is 0 Å². The van der Waals surface area contributed by atoms with Crippen LogP contribution in [0.4, 0.5) is 5.69 Å². The summed E-state index contributed by atoms with van der Waals surface area (Å²) in [6, 6.07) is 5.18. The van der Waals surface area contributed by atoms with Crippen LogP contribution in [0.5, 0.6) is 5.75 Å². The summed E-state index contributed by atoms with van der Waals surface area (Å²) in [6.07, 6.45) is 0.0938. The number of amides is 1. The van der Waals surface area contributed by atoms with Gasteiger partial charge in [0, 0.05) is 13.0 Å². The van der Waals surface area contributed by atoms with E-state index in [1.165, 1.54) is 6.92 Å². The molecule has 1 aromatic rings. The monoisotopic (exact) mass is 227 g/mol. The molecule has 4 heteroatoms. The summed E-state index contributed by atoms with van der Waals surface area (Å²) in [5.41, 5.74) is 0.572. The molecule has 15 heavy (non-hydrogen) atoms. The van der Waals surface area contributed by atoms with Crippen LogP contribution in [-0.4, -0.2) is 12.0 Å². The third kappa shape index (κ3) is 3.80. The zero-order valence-electron chi connectivity index (χ0n) is 9.00. The van der Waals surface area contributed by atoms with Crippen molar-refractivity contribution in [3.8, 4) is 5.75 Å². The van der Waals surface area contributed by atoms with Gasteiger partial charge in [0.25, 0.3) is 0 Å². The highest BCUT2D eigenvalue weighted by molar-refractivity contribution is 6.33. The summed E-state index contributed by atoms with van der Waals surface area (Å²) in [7, 11) is 0. The number of hydrogen-bond acceptors (Lipinski definition) is 2. The van der Waals surface area contributed by atoms with E-state index in [1.807, 2.05) is 13.8 Å². The van der Waals surface area contributed by atoms with E-state index >= 15 is 0 Å². The fourth-order valence-electron chi connectivity index (χ4n) is 1.14. The second-order valence-electron chi connectivity index (χ2n) is 3.49. The van der Waals surface area contributed by atoms with Gasteiger partial charge >= 0.3 is 0 Å². The van der Waals surface area contributed by atoms with Crippen molar-refractivity contribution in [1.29, 1.82) is 0 Å². The van der Waals surface area contributed by atoms with Crippen molar-refractivity contribution >= 4 is 23.2 Å². The number of nitrogens with one attached hydrogen (secondary N) is 1. The van der Waals surface area contributed by atoms with Crippen LogP contribution in [0.25, 0.3) is 0 Å². The minimum absolute atomic E-state index is 0.0938. The Morgan fingerprint density at radius 1 is 1.47 bits per heavy atom. The summed E-state index contributed by atoms with van der Waals surface area (Å²) in [5.74, 6) is 0.539. The second-order valence-corrected chi connectivity index (χ2v) is 3.90. The van der Waals surface area contributed by atoms with E-state index < -0.39 is 0 Å². The number of carbonyl (C=O) groups is 1. The van der Waals surface area contributed by atoms with E-state index in [0.29, 0.717) is 16.5 Å². The molecule has 0 aliphatic carbocycles. The highest BCUT2D eigenvalue weighted by Crippen LogP contribution is 2.27. The summed E-state index contributed by atoms with van der Waals surface area (Å²) in [6.45, 7) is 5.31. The molecular weight excluding hydrogens is 214 g/mol. The average molecular weight is 228 g/mol. The molecule has 0 saturated heterocycles. The third-order valence-electron chi connectivity index (χ3n) is 1.62. The molecule has 1 aromatic carbocycles. The largest absolute Gasteiger partial charge is 0.491 e. The lowest BCUT2D eigenvalue weighted by molar-refractivity contribution is -0.114. The molecule has 0 atom stereocenters. The zero-order valence-corrected chi connectivity index (χ0v) is 9.76. The molecule has 1 amide bonds. The first-order chi connectivity index (χ1) is 6.99. The van der Waals surface area contributed by atoms with Gasteiger partial charge in [0.2, 0.25) is 5.91 Å². The van der Waals surface area contributed by atoms with Crippen LogP contribution >= 0.6 is 11.6 Å². The molecular formula is C11H14ClNO2. The minimum atomic E-state index is -0.154. The average Bonchev–Trinajstić information content (AvgIpc) is 2.09. The van der Waals surface area contributed by atoms with E-state index in [2.05, 4.69) is 5.32 Å². The van der Waals surface area contributed by atoms with E-state index in [-0.39, 0.29) is 12.0 Å². The van der Waals surface area contributed by atoms with Crippen LogP contribution in [0.1, 0.15) is 20.8 Å². The Morgan fingerprint density at radius 2 is 2.13 bits per heavy atom. The van der Waals surface area contributed by atoms with Gasteiger partial charge in [0.1, 0.15) is 5.75 Å². The van der Waals surface area contributed by atoms with E-state index in [4.69, 9.17) is 16.3 Å². The molecule has 0 aromatic heterocycles. The fraction of sp³-hybridized carbons (Fsp3) is 0.364. The van der Waals surface area contributed by atoms with Crippen LogP contribution < -0.4 is 10.1 Å². The Labute approximate surface area is 94.4 Å². The molecule has 0 radical (unpaired) electrons. The molecule has 3 nitrogen and oxygen atoms in total. The van der Waals surface area contributed by atoms with Crippen molar-refractivity contribution in [3.05, 3.63) is 23.2 Å². The number of halogens is 1. The van der Waals surface area contributed by atoms with Crippen LogP contribution in [0, 0.1) is 0 Å². The maximum Gasteiger partial charge on any atom is 0.221 e. The molecule has 0 spiro atoms. The van der Waals surface area contributed by atoms with Gasteiger partial charge in [-0.3, -0.25) is 4.79 Å². The smallest absolute Gasteiger partial charge is 0.221 e. The van der Waals surface area contributed by atoms with E-state index in [9.17, 15) is 4.79 Å². The molecule has 82 valence electrons. The number of ether oxygens (including phenoxy) is 1. The normalized spacial score (nSPS) is 10.2. The molecule has 0 fully saturated rings. The van der Waals surface area contributed by atoms with E-state index in [0.717, 1.165) is 0 Å². The summed E-state index contributed by atoms with van der Waals surface area (Å²) >= 11 is 5.91. The lowest BCUT2D eigenvalue weighted by Gasteiger charge is -2.12. The standard InChI is InChI=1S/C11H14ClNO2/c1-7(2)15-9-4-5-10(12)11(6-9)13-8(3)14/h4-7H,1-3H3,(H,13,14). The van der Waals surface area contributed by atoms with Crippen molar-refractivity contribution in [2.24, 2.45) is 0 Å². The van der Waals surface area contributed by atoms with Gasteiger partial charge in [-0.1, -0.05) is 11.6 Å². The maximum atomic E-state index is 10.9. The number of hydrogen-bond donors (Lipinski definition) is 1. The Morgan fingerprint density at radius 3 is 2.67 bits per heavy atom. The van der Waals surface area contributed by atoms with Crippen molar-refractivity contribution in [2.75, 3.05) is 5.32 Å². The van der Waals surface area contributed by atoms with Crippen LogP contribution in [0.2, 0.25) is 5.02 Å². The topological polar surface area (TPSA) is 38.3 Å². The first-order valence-corrected chi connectivity index (χ1v) is 5.10. The number of carbonyl (C=O) groups excluding carboxylic acids is 1. The highest BCUT2D eigenvalue weighted by atomic mass is 35.5. The van der Waals surface area contributed by atoms with Gasteiger partial charge in [-0.15, -0.1) is 0 Å². The fourth-order valence-corrected chi connectivity index (χ4v) is 1.30. The number of anilines is 1. The molecule has 0 bridgehead atoms. The number of rotatable bonds is 3. The summed E-state index contributed by atoms with van der Waals surface area (Å²) in [4.78, 5) is 10.9. The van der Waals surface area contributed by atoms with Crippen molar-refractivity contribution in [1.82, 2.24) is 0 Å². The van der Waals surface area contributed by atoms with Gasteiger partial charge in [0.15, 0.2) is 0 Å². The van der Waals surface area contributed by atoms with Crippen molar-refractivity contribution in [2.45, 2.75) is 26.9 Å². The Hall–Kier alpha value is -1.22. The van der Waals surface area contributed by atoms with Gasteiger partial charge in [0.05, 0.1) is 16.8 Å². The highest BCUT2D eigenvalue weighted by Gasteiger charge is 2.05. The summed E-state index contributed by atoms with van der Waals surface area (Å²) in [5, 5.41) is 3.14. The summed E-state index contributed by atoms with van der Waals surface area (Å²) < 4.78 is 5.48. The maximum absolute atomic E-state index is 10.9. The molecule has 0 saturated carbocycles. The van der Waals surface area contributed by atoms with Crippen LogP contribution in [-0.2, 0) is 4.79 Å². The van der Waals surface area contributed by atoms with Gasteiger partial charge in [-0.05, 0) is 26.0 Å². The predicted molar refractivity (Wildman–Crippen MR) is 61.5 cm³/mol. The first-order valence-electron chi connectivity index (χ1n) is 4.73. The Balaban J connectivity index is 2.89. The van der Waals surface area contributed by atoms with Crippen LogP contribution in [0.15, 0.2) is 18.2 Å². The second kappa shape index (κ2) is 5.03. The molecule has 0 aliphatic heterocycles. The Kier molecular flexibility index (Phi) is 3.97. The molecule has 1 rings (SSSR count). The van der Waals surface area contributed by atoms with Gasteiger partial charge in [-0.2, -0.15) is 0 Å². The molecule has 1 N–H and O–H groups in total. The lowest BCUT2D eigenvalue weighted by atomic mass is 10.3. The molecule has 0 heterocycles. The Bertz CT molecular complexity index is 364. The van der Waals surface area contributed by atoms with Gasteiger partial charge in [-0.25, -0.2) is 0 Å². The lowest BCUT2D eigenvalue weighted by Crippen LogP contribution is -2.08.